The van der Waals surface area contributed by atoms with Gasteiger partial charge < -0.3 is 53.6 Å². The lowest BCUT2D eigenvalue weighted by Gasteiger charge is -2.50. The van der Waals surface area contributed by atoms with Crippen LogP contribution in [0.15, 0.2) is 11.3 Å². The molecule has 0 aromatic rings. The minimum Gasteiger partial charge on any atom is -0.489 e. The first-order chi connectivity index (χ1) is 26.6. The number of hydrogen-bond acceptors (Lipinski definition) is 12. The first-order valence-corrected chi connectivity index (χ1v) is 20.3. The standard InChI is InChI=1S/C44H68NO12/c1-15-19-45(20-16-2,21-17-3)31-22-26(6)52-41(34(31)46)56-39-28(8)36(55-33-24-42(11,51-14)38(48)30(10)53-33)29(9)40(49)54-32(18-4)44(13,50)37(47)27(7)35-25(5)23-43(39,12)57-35/h1-3,26-34,36-39,41,46-48,50H,18-24H2,4-14H3/q+1/t26-,27+,28+,29-,30+,31+,32-,33+,34-,36+,37-,38+,39-,41+,42-,43-,44-/m1/s1. The van der Waals surface area contributed by atoms with Crippen LogP contribution in [0, 0.1) is 54.8 Å². The van der Waals surface area contributed by atoms with Gasteiger partial charge >= 0.3 is 5.97 Å². The van der Waals surface area contributed by atoms with E-state index >= 15 is 0 Å². The van der Waals surface area contributed by atoms with Gasteiger partial charge in [-0.25, -0.2) is 0 Å². The summed E-state index contributed by atoms with van der Waals surface area (Å²) in [7, 11) is 1.51. The number of hydrogen-bond donors (Lipinski definition) is 4. The minimum atomic E-state index is -1.87. The summed E-state index contributed by atoms with van der Waals surface area (Å²) in [5, 5.41) is 46.8. The second-order valence-electron chi connectivity index (χ2n) is 17.7. The van der Waals surface area contributed by atoms with Gasteiger partial charge in [0, 0.05) is 38.2 Å². The first-order valence-electron chi connectivity index (χ1n) is 20.3. The number of ether oxygens (including phenoxy) is 7. The number of quaternary nitrogens is 1. The molecule has 57 heavy (non-hydrogen) atoms. The molecule has 320 valence electrons. The number of terminal acetylenes is 3. The lowest BCUT2D eigenvalue weighted by Crippen LogP contribution is -2.67. The average Bonchev–Trinajstić information content (AvgIpc) is 3.47. The molecule has 17 atom stereocenters. The quantitative estimate of drug-likeness (QED) is 0.145. The molecule has 4 aliphatic heterocycles. The normalized spacial score (nSPS) is 44.6. The van der Waals surface area contributed by atoms with E-state index in [4.69, 9.17) is 52.4 Å². The zero-order valence-corrected chi connectivity index (χ0v) is 35.8. The van der Waals surface area contributed by atoms with Crippen molar-refractivity contribution in [2.24, 2.45) is 17.8 Å². The Morgan fingerprint density at radius 3 is 2.05 bits per heavy atom. The molecular weight excluding hydrogens is 734 g/mol. The number of aliphatic hydroxyl groups is 4. The monoisotopic (exact) mass is 802 g/mol. The Kier molecular flexibility index (Phi) is 15.1. The summed E-state index contributed by atoms with van der Waals surface area (Å²) in [5.41, 5.74) is -3.25. The van der Waals surface area contributed by atoms with E-state index in [2.05, 4.69) is 17.8 Å². The van der Waals surface area contributed by atoms with Crippen molar-refractivity contribution >= 4 is 5.97 Å². The van der Waals surface area contributed by atoms with E-state index in [9.17, 15) is 25.2 Å². The summed E-state index contributed by atoms with van der Waals surface area (Å²) in [6.45, 7) is 18.2. The highest BCUT2D eigenvalue weighted by atomic mass is 16.7. The highest BCUT2D eigenvalue weighted by molar-refractivity contribution is 5.73. The van der Waals surface area contributed by atoms with Crippen LogP contribution in [0.2, 0.25) is 0 Å². The molecule has 0 aromatic carbocycles. The van der Waals surface area contributed by atoms with E-state index in [-0.39, 0.29) is 37.0 Å². The Morgan fingerprint density at radius 2 is 1.51 bits per heavy atom. The van der Waals surface area contributed by atoms with Crippen LogP contribution in [0.4, 0.5) is 0 Å². The Balaban J connectivity index is 1.88. The molecule has 4 rings (SSSR count). The Hall–Kier alpha value is -2.71. The number of aliphatic hydroxyl groups excluding tert-OH is 3. The summed E-state index contributed by atoms with van der Waals surface area (Å²) >= 11 is 0. The number of carbonyl (C=O) groups is 1. The van der Waals surface area contributed by atoms with Gasteiger partial charge in [0.2, 0.25) is 0 Å². The average molecular weight is 803 g/mol. The minimum absolute atomic E-state index is 0.0703. The van der Waals surface area contributed by atoms with E-state index in [1.54, 1.807) is 34.6 Å². The number of rotatable bonds is 10. The summed E-state index contributed by atoms with van der Waals surface area (Å²) in [6.07, 6.45) is 8.73. The number of fused-ring (bicyclic) bond motifs is 2. The molecule has 4 aliphatic rings. The molecule has 13 nitrogen and oxygen atoms in total. The Bertz CT molecular complexity index is 1540. The van der Waals surface area contributed by atoms with Crippen molar-refractivity contribution in [1.82, 2.24) is 0 Å². The topological polar surface area (TPSA) is 163 Å². The van der Waals surface area contributed by atoms with Crippen molar-refractivity contribution in [2.45, 2.75) is 179 Å². The fourth-order valence-corrected chi connectivity index (χ4v) is 9.82. The first kappa shape index (κ1) is 47.0. The van der Waals surface area contributed by atoms with Crippen molar-refractivity contribution in [2.75, 3.05) is 26.7 Å². The SMILES string of the molecule is C#CC[N+](CC#C)(CC#C)[C@H]1C[C@@H](C)O[C@@H](O[C@@H]2[C@@H](C)[C@H](O[C@H]3C[C@@](C)(OC)[C@@H](O)[C@H](C)O3)[C@@H](C)C(=O)O[C@H](CC)[C@@](C)(O)[C@H](O)[C@@H](C)C3=C(C)C[C@@]2(C)O3)[C@@H]1O. The molecule has 0 saturated carbocycles. The summed E-state index contributed by atoms with van der Waals surface area (Å²) in [6, 6.07) is -0.556. The van der Waals surface area contributed by atoms with Crippen LogP contribution in [-0.4, -0.2) is 142 Å². The van der Waals surface area contributed by atoms with Crippen LogP contribution >= 0.6 is 0 Å². The second kappa shape index (κ2) is 18.3. The van der Waals surface area contributed by atoms with Crippen LogP contribution in [0.25, 0.3) is 0 Å². The van der Waals surface area contributed by atoms with Gasteiger partial charge in [-0.05, 0) is 78.2 Å². The van der Waals surface area contributed by atoms with Gasteiger partial charge in [0.1, 0.15) is 60.9 Å². The van der Waals surface area contributed by atoms with Crippen molar-refractivity contribution in [3.8, 4) is 37.0 Å². The molecule has 3 saturated heterocycles. The lowest BCUT2D eigenvalue weighted by molar-refractivity contribution is -0.938. The molecule has 0 unspecified atom stereocenters. The molecule has 2 bridgehead atoms. The smallest absolute Gasteiger partial charge is 0.311 e. The predicted octanol–water partition coefficient (Wildman–Crippen LogP) is 3.05. The largest absolute Gasteiger partial charge is 0.489 e. The van der Waals surface area contributed by atoms with Gasteiger partial charge in [0.05, 0.1) is 35.9 Å². The third kappa shape index (κ3) is 9.22. The molecular formula is C44H68NO12+. The van der Waals surface area contributed by atoms with Gasteiger partial charge in [-0.3, -0.25) is 9.28 Å². The van der Waals surface area contributed by atoms with Gasteiger partial charge in [0.15, 0.2) is 18.7 Å². The van der Waals surface area contributed by atoms with Crippen molar-refractivity contribution in [3.05, 3.63) is 11.3 Å². The van der Waals surface area contributed by atoms with Crippen LogP contribution < -0.4 is 0 Å². The van der Waals surface area contributed by atoms with E-state index in [1.165, 1.54) is 14.0 Å². The van der Waals surface area contributed by atoms with E-state index in [1.807, 2.05) is 27.7 Å². The molecule has 13 heteroatoms. The number of nitrogens with zero attached hydrogens (tertiary/aromatic N) is 1. The second-order valence-corrected chi connectivity index (χ2v) is 17.7. The molecule has 4 heterocycles. The van der Waals surface area contributed by atoms with Gasteiger partial charge in [-0.1, -0.05) is 20.8 Å². The summed E-state index contributed by atoms with van der Waals surface area (Å²) in [4.78, 5) is 14.3. The highest BCUT2D eigenvalue weighted by Crippen LogP contribution is 2.47. The highest BCUT2D eigenvalue weighted by Gasteiger charge is 2.57. The van der Waals surface area contributed by atoms with Gasteiger partial charge in [-0.15, -0.1) is 19.3 Å². The van der Waals surface area contributed by atoms with E-state index in [0.29, 0.717) is 18.6 Å². The number of methoxy groups -OCH3 is 1. The third-order valence-electron chi connectivity index (χ3n) is 13.2. The fourth-order valence-electron chi connectivity index (χ4n) is 9.82. The third-order valence-corrected chi connectivity index (χ3v) is 13.2. The molecule has 0 spiro atoms. The van der Waals surface area contributed by atoms with Crippen LogP contribution in [0.1, 0.15) is 94.9 Å². The summed E-state index contributed by atoms with van der Waals surface area (Å²) < 4.78 is 45.2. The van der Waals surface area contributed by atoms with Crippen molar-refractivity contribution in [3.63, 3.8) is 0 Å². The molecule has 0 aliphatic carbocycles. The number of carbonyl (C=O) groups excluding carboxylic acids is 1. The molecule has 4 N–H and O–H groups in total. The predicted molar refractivity (Wildman–Crippen MR) is 211 cm³/mol. The maximum Gasteiger partial charge on any atom is 0.311 e. The van der Waals surface area contributed by atoms with E-state index in [0.717, 1.165) is 5.57 Å². The zero-order chi connectivity index (χ0) is 42.8. The van der Waals surface area contributed by atoms with E-state index < -0.39 is 108 Å². The molecule has 3 fully saturated rings. The fraction of sp³-hybridized carbons (Fsp3) is 0.795. The van der Waals surface area contributed by atoms with Crippen LogP contribution in [-0.2, 0) is 38.0 Å². The van der Waals surface area contributed by atoms with Gasteiger partial charge in [-0.2, -0.15) is 0 Å². The van der Waals surface area contributed by atoms with Crippen LogP contribution in [0.5, 0.6) is 0 Å². The Morgan fingerprint density at radius 1 is 0.912 bits per heavy atom. The maximum absolute atomic E-state index is 14.3. The number of esters is 1. The van der Waals surface area contributed by atoms with Crippen LogP contribution in [0.3, 0.4) is 0 Å². The summed E-state index contributed by atoms with van der Waals surface area (Å²) in [5.74, 6) is 5.49. The van der Waals surface area contributed by atoms with Gasteiger partial charge in [0.25, 0.3) is 0 Å². The number of cyclic esters (lactones) is 1. The zero-order valence-electron chi connectivity index (χ0n) is 35.8. The molecule has 0 radical (unpaired) electrons. The van der Waals surface area contributed by atoms with Crippen molar-refractivity contribution < 1.29 is 62.9 Å². The maximum atomic E-state index is 14.3. The lowest BCUT2D eigenvalue weighted by atomic mass is 9.78. The van der Waals surface area contributed by atoms with Crippen molar-refractivity contribution in [1.29, 1.82) is 0 Å². The Labute approximate surface area is 340 Å². The molecule has 0 amide bonds. The molecule has 0 aromatic heterocycles.